The minimum absolute atomic E-state index is 0.382. The van der Waals surface area contributed by atoms with E-state index in [2.05, 4.69) is 0 Å². The zero-order valence-electron chi connectivity index (χ0n) is 12.2. The first-order valence-corrected chi connectivity index (χ1v) is 6.82. The summed E-state index contributed by atoms with van der Waals surface area (Å²) in [6.07, 6.45) is -1.88. The molecular weight excluding hydrogens is 268 g/mol. The van der Waals surface area contributed by atoms with E-state index < -0.39 is 12.2 Å². The first-order chi connectivity index (χ1) is 10.1. The van der Waals surface area contributed by atoms with Gasteiger partial charge in [-0.1, -0.05) is 30.3 Å². The Balaban J connectivity index is 2.22. The molecule has 0 spiro atoms. The van der Waals surface area contributed by atoms with E-state index >= 15 is 0 Å². The maximum absolute atomic E-state index is 10.1. The lowest BCUT2D eigenvalue weighted by Crippen LogP contribution is -2.15. The zero-order valence-corrected chi connectivity index (χ0v) is 12.2. The first-order valence-electron chi connectivity index (χ1n) is 6.82. The van der Waals surface area contributed by atoms with Crippen LogP contribution in [0.3, 0.4) is 0 Å². The Labute approximate surface area is 124 Å². The van der Waals surface area contributed by atoms with Gasteiger partial charge >= 0.3 is 0 Å². The number of ether oxygens (including phenoxy) is 2. The maximum Gasteiger partial charge on any atom is 0.129 e. The fraction of sp³-hybridized carbons (Fsp3) is 0.294. The Bertz CT molecular complexity index is 566. The van der Waals surface area contributed by atoms with Crippen LogP contribution in [0.5, 0.6) is 11.5 Å². The highest BCUT2D eigenvalue weighted by atomic mass is 16.5. The summed E-state index contributed by atoms with van der Waals surface area (Å²) in [5, 5.41) is 19.6. The van der Waals surface area contributed by atoms with E-state index in [1.807, 2.05) is 30.3 Å². The van der Waals surface area contributed by atoms with Gasteiger partial charge in [-0.25, -0.2) is 0 Å². The van der Waals surface area contributed by atoms with Gasteiger partial charge in [0, 0.05) is 11.6 Å². The average Bonchev–Trinajstić information content (AvgIpc) is 2.52. The lowest BCUT2D eigenvalue weighted by molar-refractivity contribution is 0.0285. The number of aliphatic hydroxyl groups excluding tert-OH is 2. The van der Waals surface area contributed by atoms with Gasteiger partial charge in [-0.2, -0.15) is 0 Å². The van der Waals surface area contributed by atoms with Gasteiger partial charge in [0.1, 0.15) is 24.2 Å². The maximum atomic E-state index is 10.1. The number of benzene rings is 2. The lowest BCUT2D eigenvalue weighted by Gasteiger charge is -2.19. The summed E-state index contributed by atoms with van der Waals surface area (Å²) < 4.78 is 11.0. The van der Waals surface area contributed by atoms with Crippen LogP contribution >= 0.6 is 0 Å². The van der Waals surface area contributed by atoms with Gasteiger partial charge in [-0.3, -0.25) is 0 Å². The predicted molar refractivity (Wildman–Crippen MR) is 80.4 cm³/mol. The zero-order chi connectivity index (χ0) is 15.2. The van der Waals surface area contributed by atoms with E-state index in [0.717, 1.165) is 5.56 Å². The topological polar surface area (TPSA) is 58.9 Å². The molecule has 0 saturated heterocycles. The number of methoxy groups -OCH3 is 1. The average molecular weight is 288 g/mol. The van der Waals surface area contributed by atoms with E-state index in [-0.39, 0.29) is 0 Å². The number of hydrogen-bond donors (Lipinski definition) is 2. The molecule has 0 saturated carbocycles. The van der Waals surface area contributed by atoms with Crippen LogP contribution in [0.2, 0.25) is 0 Å². The monoisotopic (exact) mass is 288 g/mol. The molecule has 0 aliphatic rings. The van der Waals surface area contributed by atoms with Gasteiger partial charge in [-0.15, -0.1) is 0 Å². The minimum Gasteiger partial charge on any atom is -0.497 e. The third-order valence-corrected chi connectivity index (χ3v) is 3.23. The second-order valence-electron chi connectivity index (χ2n) is 4.86. The van der Waals surface area contributed by atoms with Crippen molar-refractivity contribution in [3.05, 3.63) is 59.7 Å². The summed E-state index contributed by atoms with van der Waals surface area (Å²) >= 11 is 0. The Hall–Kier alpha value is -2.04. The minimum atomic E-state index is -0.998. The van der Waals surface area contributed by atoms with E-state index in [9.17, 15) is 10.2 Å². The Morgan fingerprint density at radius 2 is 1.76 bits per heavy atom. The van der Waals surface area contributed by atoms with Crippen molar-refractivity contribution < 1.29 is 19.7 Å². The molecule has 0 aliphatic carbocycles. The first kappa shape index (κ1) is 15.4. The smallest absolute Gasteiger partial charge is 0.129 e. The summed E-state index contributed by atoms with van der Waals surface area (Å²) in [6.45, 7) is 1.92. The Kier molecular flexibility index (Phi) is 5.20. The summed E-state index contributed by atoms with van der Waals surface area (Å²) in [6, 6.07) is 14.9. The molecule has 0 fully saturated rings. The third kappa shape index (κ3) is 3.97. The van der Waals surface area contributed by atoms with Crippen LogP contribution < -0.4 is 9.47 Å². The summed E-state index contributed by atoms with van der Waals surface area (Å²) in [7, 11) is 1.57. The van der Waals surface area contributed by atoms with Gasteiger partial charge in [0.15, 0.2) is 0 Å². The molecule has 0 heterocycles. The molecule has 112 valence electrons. The molecule has 4 nitrogen and oxygen atoms in total. The fourth-order valence-electron chi connectivity index (χ4n) is 2.01. The summed E-state index contributed by atoms with van der Waals surface area (Å²) in [5.41, 5.74) is 1.57. The van der Waals surface area contributed by atoms with Crippen molar-refractivity contribution in [2.45, 2.75) is 25.7 Å². The predicted octanol–water partition coefficient (Wildman–Crippen LogP) is 2.69. The largest absolute Gasteiger partial charge is 0.497 e. The standard InChI is InChI=1S/C17H20O4/c1-12(18)17(19)15-9-8-14(20-2)10-16(15)21-11-13-6-4-3-5-7-13/h3-10,12,17-19H,11H2,1-2H3. The fourth-order valence-corrected chi connectivity index (χ4v) is 2.01. The Morgan fingerprint density at radius 1 is 1.05 bits per heavy atom. The van der Waals surface area contributed by atoms with Crippen LogP contribution in [-0.4, -0.2) is 23.4 Å². The molecule has 2 N–H and O–H groups in total. The van der Waals surface area contributed by atoms with Crippen LogP contribution in [0.25, 0.3) is 0 Å². The number of hydrogen-bond acceptors (Lipinski definition) is 4. The SMILES string of the molecule is COc1ccc(C(O)C(C)O)c(OCc2ccccc2)c1. The van der Waals surface area contributed by atoms with Crippen molar-refractivity contribution in [3.63, 3.8) is 0 Å². The molecule has 0 radical (unpaired) electrons. The molecule has 2 rings (SSSR count). The molecule has 2 aromatic rings. The van der Waals surface area contributed by atoms with Gasteiger partial charge in [-0.05, 0) is 24.6 Å². The van der Waals surface area contributed by atoms with E-state index in [4.69, 9.17) is 9.47 Å². The molecule has 0 amide bonds. The van der Waals surface area contributed by atoms with Crippen molar-refractivity contribution in [3.8, 4) is 11.5 Å². The van der Waals surface area contributed by atoms with E-state index in [1.165, 1.54) is 6.92 Å². The Morgan fingerprint density at radius 3 is 2.38 bits per heavy atom. The molecule has 4 heteroatoms. The van der Waals surface area contributed by atoms with Crippen molar-refractivity contribution in [1.82, 2.24) is 0 Å². The number of rotatable bonds is 6. The molecule has 2 atom stereocenters. The van der Waals surface area contributed by atoms with Crippen LogP contribution in [0.4, 0.5) is 0 Å². The van der Waals surface area contributed by atoms with Gasteiger partial charge in [0.25, 0.3) is 0 Å². The van der Waals surface area contributed by atoms with Gasteiger partial charge < -0.3 is 19.7 Å². The van der Waals surface area contributed by atoms with Gasteiger partial charge in [0.05, 0.1) is 13.2 Å². The van der Waals surface area contributed by atoms with Crippen LogP contribution in [0.15, 0.2) is 48.5 Å². The summed E-state index contributed by atoms with van der Waals surface area (Å²) in [5.74, 6) is 1.14. The second kappa shape index (κ2) is 7.11. The highest BCUT2D eigenvalue weighted by molar-refractivity contribution is 5.42. The molecule has 0 aliphatic heterocycles. The highest BCUT2D eigenvalue weighted by Gasteiger charge is 2.19. The van der Waals surface area contributed by atoms with Crippen LogP contribution in [0.1, 0.15) is 24.2 Å². The van der Waals surface area contributed by atoms with Crippen molar-refractivity contribution >= 4 is 0 Å². The van der Waals surface area contributed by atoms with E-state index in [1.54, 1.807) is 25.3 Å². The molecule has 2 unspecified atom stereocenters. The lowest BCUT2D eigenvalue weighted by atomic mass is 10.0. The summed E-state index contributed by atoms with van der Waals surface area (Å²) in [4.78, 5) is 0. The normalized spacial score (nSPS) is 13.5. The molecule has 21 heavy (non-hydrogen) atoms. The quantitative estimate of drug-likeness (QED) is 0.858. The van der Waals surface area contributed by atoms with Crippen molar-refractivity contribution in [2.24, 2.45) is 0 Å². The molecular formula is C17H20O4. The van der Waals surface area contributed by atoms with Crippen molar-refractivity contribution in [1.29, 1.82) is 0 Å². The third-order valence-electron chi connectivity index (χ3n) is 3.23. The molecule has 0 bridgehead atoms. The molecule has 2 aromatic carbocycles. The second-order valence-corrected chi connectivity index (χ2v) is 4.86. The highest BCUT2D eigenvalue weighted by Crippen LogP contribution is 2.31. The molecule has 0 aromatic heterocycles. The number of aliphatic hydroxyl groups is 2. The van der Waals surface area contributed by atoms with Crippen LogP contribution in [0, 0.1) is 0 Å². The van der Waals surface area contributed by atoms with Gasteiger partial charge in [0.2, 0.25) is 0 Å². The van der Waals surface area contributed by atoms with E-state index in [0.29, 0.717) is 23.7 Å². The van der Waals surface area contributed by atoms with Crippen molar-refractivity contribution in [2.75, 3.05) is 7.11 Å². The van der Waals surface area contributed by atoms with Crippen LogP contribution in [-0.2, 0) is 6.61 Å².